The summed E-state index contributed by atoms with van der Waals surface area (Å²) in [5.74, 6) is 0.603. The first kappa shape index (κ1) is 16.3. The molecule has 4 nitrogen and oxygen atoms in total. The molecule has 26 heavy (non-hydrogen) atoms. The number of hydrogen-bond acceptors (Lipinski definition) is 3. The van der Waals surface area contributed by atoms with Crippen LogP contribution in [-0.4, -0.2) is 14.6 Å². The minimum absolute atomic E-state index is 0.429. The number of benzene rings is 1. The molecule has 0 bridgehead atoms. The molecule has 1 aromatic carbocycles. The zero-order valence-electron chi connectivity index (χ0n) is 14.4. The third-order valence-corrected chi connectivity index (χ3v) is 4.28. The van der Waals surface area contributed by atoms with Crippen LogP contribution in [0, 0.1) is 6.92 Å². The van der Waals surface area contributed by atoms with Crippen molar-refractivity contribution in [2.45, 2.75) is 20.2 Å². The topological polar surface area (TPSA) is 39.4 Å². The molecule has 0 spiro atoms. The molecule has 0 saturated heterocycles. The van der Waals surface area contributed by atoms with E-state index in [0.29, 0.717) is 18.1 Å². The number of halogens is 1. The Hall–Kier alpha value is -3.21. The molecule has 3 aromatic heterocycles. The predicted molar refractivity (Wildman–Crippen MR) is 98.7 cm³/mol. The summed E-state index contributed by atoms with van der Waals surface area (Å²) in [4.78, 5) is 4.26. The van der Waals surface area contributed by atoms with Gasteiger partial charge in [-0.15, -0.1) is 0 Å². The molecule has 4 aromatic rings. The fraction of sp³-hybridized carbons (Fsp3) is 0.143. The second-order valence-electron chi connectivity index (χ2n) is 6.22. The zero-order chi connectivity index (χ0) is 17.9. The van der Waals surface area contributed by atoms with E-state index in [4.69, 9.17) is 4.74 Å². The lowest BCUT2D eigenvalue weighted by Gasteiger charge is -2.07. The highest BCUT2D eigenvalue weighted by Crippen LogP contribution is 2.26. The first-order chi connectivity index (χ1) is 12.7. The Labute approximate surface area is 150 Å². The number of nitrogens with zero attached hydrogens (tertiary/aromatic N) is 3. The van der Waals surface area contributed by atoms with E-state index in [1.54, 1.807) is 18.3 Å². The quantitative estimate of drug-likeness (QED) is 0.523. The van der Waals surface area contributed by atoms with Gasteiger partial charge in [-0.25, -0.2) is 13.9 Å². The van der Waals surface area contributed by atoms with Crippen LogP contribution < -0.4 is 4.74 Å². The molecule has 130 valence electrons. The number of fused-ring (bicyclic) bond motifs is 1. The summed E-state index contributed by atoms with van der Waals surface area (Å²) < 4.78 is 20.3. The Morgan fingerprint density at radius 3 is 2.58 bits per heavy atom. The van der Waals surface area contributed by atoms with Crippen molar-refractivity contribution in [2.24, 2.45) is 0 Å². The maximum absolute atomic E-state index is 12.7. The van der Waals surface area contributed by atoms with E-state index in [1.807, 2.05) is 54.2 Å². The lowest BCUT2D eigenvalue weighted by Crippen LogP contribution is -1.98. The predicted octanol–water partition coefficient (Wildman–Crippen LogP) is 4.75. The number of aryl methyl sites for hydroxylation is 1. The number of rotatable bonds is 5. The standard InChI is InChI=1S/C21H18FN3O/c1-15-2-7-21(23-12-15)26-14-17-8-9-25-20(10-17)19(13-24-25)18-5-3-16(11-22)4-6-18/h2-10,12-13H,11,14H2,1H3. The Bertz CT molecular complexity index is 1020. The second kappa shape index (κ2) is 6.96. The zero-order valence-corrected chi connectivity index (χ0v) is 14.4. The van der Waals surface area contributed by atoms with Gasteiger partial charge in [0.05, 0.1) is 11.7 Å². The number of ether oxygens (including phenoxy) is 1. The van der Waals surface area contributed by atoms with Gasteiger partial charge in [0.1, 0.15) is 13.3 Å². The third kappa shape index (κ3) is 3.28. The molecule has 0 amide bonds. The summed E-state index contributed by atoms with van der Waals surface area (Å²) in [5.41, 5.74) is 5.80. The van der Waals surface area contributed by atoms with Gasteiger partial charge in [-0.1, -0.05) is 30.3 Å². The summed E-state index contributed by atoms with van der Waals surface area (Å²) in [5, 5.41) is 4.40. The van der Waals surface area contributed by atoms with Crippen LogP contribution >= 0.6 is 0 Å². The van der Waals surface area contributed by atoms with Gasteiger partial charge in [-0.3, -0.25) is 0 Å². The van der Waals surface area contributed by atoms with Crippen molar-refractivity contribution in [1.82, 2.24) is 14.6 Å². The molecule has 5 heteroatoms. The van der Waals surface area contributed by atoms with E-state index in [1.165, 1.54) is 0 Å². The molecule has 0 unspecified atom stereocenters. The van der Waals surface area contributed by atoms with E-state index in [0.717, 1.165) is 27.8 Å². The van der Waals surface area contributed by atoms with Crippen molar-refractivity contribution in [3.8, 4) is 17.0 Å². The smallest absolute Gasteiger partial charge is 0.213 e. The molecular weight excluding hydrogens is 329 g/mol. The van der Waals surface area contributed by atoms with Gasteiger partial charge in [-0.05, 0) is 41.3 Å². The summed E-state index contributed by atoms with van der Waals surface area (Å²) in [6.07, 6.45) is 5.52. The van der Waals surface area contributed by atoms with Crippen molar-refractivity contribution in [2.75, 3.05) is 0 Å². The molecule has 0 aliphatic carbocycles. The molecule has 0 atom stereocenters. The third-order valence-electron chi connectivity index (χ3n) is 4.28. The summed E-state index contributed by atoms with van der Waals surface area (Å²) in [6.45, 7) is 1.97. The average molecular weight is 347 g/mol. The van der Waals surface area contributed by atoms with Crippen molar-refractivity contribution in [3.63, 3.8) is 0 Å². The van der Waals surface area contributed by atoms with Crippen molar-refractivity contribution in [3.05, 3.63) is 83.8 Å². The van der Waals surface area contributed by atoms with Gasteiger partial charge in [-0.2, -0.15) is 5.10 Å². The van der Waals surface area contributed by atoms with Gasteiger partial charge >= 0.3 is 0 Å². The summed E-state index contributed by atoms with van der Waals surface area (Å²) in [7, 11) is 0. The Balaban J connectivity index is 1.60. The Kier molecular flexibility index (Phi) is 4.35. The Morgan fingerprint density at radius 2 is 1.85 bits per heavy atom. The first-order valence-electron chi connectivity index (χ1n) is 8.40. The van der Waals surface area contributed by atoms with Crippen LogP contribution in [0.5, 0.6) is 5.88 Å². The van der Waals surface area contributed by atoms with E-state index in [9.17, 15) is 4.39 Å². The van der Waals surface area contributed by atoms with Crippen LogP contribution in [0.3, 0.4) is 0 Å². The van der Waals surface area contributed by atoms with E-state index in [2.05, 4.69) is 16.1 Å². The lowest BCUT2D eigenvalue weighted by atomic mass is 10.1. The van der Waals surface area contributed by atoms with Crippen LogP contribution in [0.15, 0.2) is 67.1 Å². The fourth-order valence-electron chi connectivity index (χ4n) is 2.81. The van der Waals surface area contributed by atoms with Gasteiger partial charge in [0, 0.05) is 24.0 Å². The normalized spacial score (nSPS) is 11.0. The molecular formula is C21H18FN3O. The van der Waals surface area contributed by atoms with Crippen LogP contribution in [0.1, 0.15) is 16.7 Å². The minimum atomic E-state index is -0.455. The Morgan fingerprint density at radius 1 is 1.00 bits per heavy atom. The van der Waals surface area contributed by atoms with Crippen LogP contribution in [0.2, 0.25) is 0 Å². The monoisotopic (exact) mass is 347 g/mol. The number of hydrogen-bond donors (Lipinski definition) is 0. The van der Waals surface area contributed by atoms with Crippen LogP contribution in [0.4, 0.5) is 4.39 Å². The van der Waals surface area contributed by atoms with Crippen molar-refractivity contribution >= 4 is 5.52 Å². The molecule has 0 saturated carbocycles. The highest BCUT2D eigenvalue weighted by molar-refractivity contribution is 5.80. The van der Waals surface area contributed by atoms with E-state index >= 15 is 0 Å². The van der Waals surface area contributed by atoms with Gasteiger partial charge in [0.15, 0.2) is 0 Å². The van der Waals surface area contributed by atoms with Gasteiger partial charge < -0.3 is 4.74 Å². The van der Waals surface area contributed by atoms with Crippen molar-refractivity contribution in [1.29, 1.82) is 0 Å². The lowest BCUT2D eigenvalue weighted by molar-refractivity contribution is 0.294. The maximum Gasteiger partial charge on any atom is 0.213 e. The number of aromatic nitrogens is 3. The van der Waals surface area contributed by atoms with Crippen molar-refractivity contribution < 1.29 is 9.13 Å². The molecule has 0 aliphatic heterocycles. The largest absolute Gasteiger partial charge is 0.473 e. The number of alkyl halides is 1. The molecule has 4 rings (SSSR count). The molecule has 0 N–H and O–H groups in total. The molecule has 0 fully saturated rings. The highest BCUT2D eigenvalue weighted by atomic mass is 19.1. The van der Waals surface area contributed by atoms with E-state index in [-0.39, 0.29) is 0 Å². The van der Waals surface area contributed by atoms with Gasteiger partial charge in [0.25, 0.3) is 0 Å². The molecule has 0 radical (unpaired) electrons. The maximum atomic E-state index is 12.7. The van der Waals surface area contributed by atoms with E-state index < -0.39 is 6.67 Å². The van der Waals surface area contributed by atoms with Crippen LogP contribution in [0.25, 0.3) is 16.6 Å². The SMILES string of the molecule is Cc1ccc(OCc2ccn3ncc(-c4ccc(CF)cc4)c3c2)nc1. The fourth-order valence-corrected chi connectivity index (χ4v) is 2.81. The highest BCUT2D eigenvalue weighted by Gasteiger charge is 2.08. The first-order valence-corrected chi connectivity index (χ1v) is 8.40. The summed E-state index contributed by atoms with van der Waals surface area (Å²) in [6, 6.07) is 15.3. The van der Waals surface area contributed by atoms with Gasteiger partial charge in [0.2, 0.25) is 5.88 Å². The second-order valence-corrected chi connectivity index (χ2v) is 6.22. The average Bonchev–Trinajstić information content (AvgIpc) is 3.11. The minimum Gasteiger partial charge on any atom is -0.473 e. The van der Waals surface area contributed by atoms with Crippen LogP contribution in [-0.2, 0) is 13.3 Å². The molecule has 0 aliphatic rings. The summed E-state index contributed by atoms with van der Waals surface area (Å²) >= 11 is 0. The molecule has 3 heterocycles. The number of pyridine rings is 2.